The van der Waals surface area contributed by atoms with E-state index in [0.29, 0.717) is 36.2 Å². The van der Waals surface area contributed by atoms with Gasteiger partial charge >= 0.3 is 0 Å². The molecular weight excluding hydrogens is 382 g/mol. The predicted molar refractivity (Wildman–Crippen MR) is 109 cm³/mol. The molecule has 0 bridgehead atoms. The van der Waals surface area contributed by atoms with E-state index in [4.69, 9.17) is 14.0 Å². The van der Waals surface area contributed by atoms with Crippen LogP contribution in [0.2, 0.25) is 0 Å². The summed E-state index contributed by atoms with van der Waals surface area (Å²) >= 11 is 0. The fraction of sp³-hybridized carbons (Fsp3) is 0.348. The molecule has 154 valence electrons. The van der Waals surface area contributed by atoms with Gasteiger partial charge in [-0.15, -0.1) is 0 Å². The van der Waals surface area contributed by atoms with Crippen molar-refractivity contribution in [1.82, 2.24) is 15.0 Å². The molecule has 1 aliphatic carbocycles. The molecule has 30 heavy (non-hydrogen) atoms. The largest absolute Gasteiger partial charge is 0.493 e. The number of methoxy groups -OCH3 is 2. The minimum absolute atomic E-state index is 0.0911. The monoisotopic (exact) mass is 405 g/mol. The van der Waals surface area contributed by atoms with Crippen molar-refractivity contribution >= 4 is 5.91 Å². The molecule has 1 fully saturated rings. The first kappa shape index (κ1) is 18.7. The Morgan fingerprint density at radius 2 is 1.93 bits per heavy atom. The van der Waals surface area contributed by atoms with E-state index in [1.807, 2.05) is 29.2 Å². The fourth-order valence-corrected chi connectivity index (χ4v) is 4.55. The third kappa shape index (κ3) is 3.10. The molecule has 5 rings (SSSR count). The number of nitrogens with zero attached hydrogens (tertiary/aromatic N) is 3. The Balaban J connectivity index is 1.36. The van der Waals surface area contributed by atoms with Gasteiger partial charge in [0.15, 0.2) is 11.5 Å². The average molecular weight is 405 g/mol. The van der Waals surface area contributed by atoms with E-state index in [1.165, 1.54) is 11.1 Å². The van der Waals surface area contributed by atoms with Crippen LogP contribution >= 0.6 is 0 Å². The van der Waals surface area contributed by atoms with E-state index in [1.54, 1.807) is 14.2 Å². The van der Waals surface area contributed by atoms with Crippen molar-refractivity contribution in [3.05, 3.63) is 59.5 Å². The van der Waals surface area contributed by atoms with E-state index < -0.39 is 0 Å². The number of ether oxygens (including phenoxy) is 2. The lowest BCUT2D eigenvalue weighted by Gasteiger charge is -2.25. The summed E-state index contributed by atoms with van der Waals surface area (Å²) in [5.74, 6) is 2.27. The first-order chi connectivity index (χ1) is 14.7. The summed E-state index contributed by atoms with van der Waals surface area (Å²) < 4.78 is 16.2. The van der Waals surface area contributed by atoms with E-state index in [-0.39, 0.29) is 17.9 Å². The van der Waals surface area contributed by atoms with Crippen molar-refractivity contribution < 1.29 is 18.8 Å². The van der Waals surface area contributed by atoms with Gasteiger partial charge in [0.05, 0.1) is 26.2 Å². The SMILES string of the molecule is COc1ccc(-c2noc(C3CC(=O)N(C4CCc5ccccc54)C3)n2)cc1OC. The summed E-state index contributed by atoms with van der Waals surface area (Å²) in [6, 6.07) is 14.0. The van der Waals surface area contributed by atoms with Gasteiger partial charge in [0.2, 0.25) is 17.6 Å². The van der Waals surface area contributed by atoms with Gasteiger partial charge in [-0.25, -0.2) is 0 Å². The second-order valence-corrected chi connectivity index (χ2v) is 7.73. The van der Waals surface area contributed by atoms with Gasteiger partial charge < -0.3 is 18.9 Å². The van der Waals surface area contributed by atoms with Gasteiger partial charge in [0, 0.05) is 18.5 Å². The van der Waals surface area contributed by atoms with Crippen LogP contribution in [0.25, 0.3) is 11.4 Å². The summed E-state index contributed by atoms with van der Waals surface area (Å²) in [5.41, 5.74) is 3.38. The zero-order valence-corrected chi connectivity index (χ0v) is 17.0. The number of rotatable bonds is 5. The zero-order valence-electron chi connectivity index (χ0n) is 17.0. The Hall–Kier alpha value is -3.35. The molecule has 2 heterocycles. The number of likely N-dealkylation sites (tertiary alicyclic amines) is 1. The maximum absolute atomic E-state index is 12.8. The predicted octanol–water partition coefficient (Wildman–Crippen LogP) is 3.76. The molecule has 1 aromatic heterocycles. The minimum atomic E-state index is -0.0911. The molecular formula is C23H23N3O4. The summed E-state index contributed by atoms with van der Waals surface area (Å²) in [4.78, 5) is 19.4. The summed E-state index contributed by atoms with van der Waals surface area (Å²) in [7, 11) is 3.18. The molecule has 2 aromatic carbocycles. The van der Waals surface area contributed by atoms with Crippen LogP contribution in [0.4, 0.5) is 0 Å². The summed E-state index contributed by atoms with van der Waals surface area (Å²) in [6.07, 6.45) is 2.38. The Labute approximate surface area is 174 Å². The molecule has 2 aliphatic rings. The van der Waals surface area contributed by atoms with Gasteiger partial charge in [-0.2, -0.15) is 4.98 Å². The first-order valence-electron chi connectivity index (χ1n) is 10.1. The van der Waals surface area contributed by atoms with Crippen LogP contribution in [0.5, 0.6) is 11.5 Å². The van der Waals surface area contributed by atoms with Gasteiger partial charge in [-0.1, -0.05) is 29.4 Å². The summed E-state index contributed by atoms with van der Waals surface area (Å²) in [6.45, 7) is 0.603. The number of hydrogen-bond donors (Lipinski definition) is 0. The maximum Gasteiger partial charge on any atom is 0.232 e. The van der Waals surface area contributed by atoms with Crippen LogP contribution in [0.15, 0.2) is 47.0 Å². The maximum atomic E-state index is 12.8. The Kier molecular flexibility index (Phi) is 4.65. The molecule has 2 unspecified atom stereocenters. The molecule has 2 atom stereocenters. The minimum Gasteiger partial charge on any atom is -0.493 e. The molecule has 1 aliphatic heterocycles. The number of fused-ring (bicyclic) bond motifs is 1. The van der Waals surface area contributed by atoms with E-state index in [2.05, 4.69) is 28.3 Å². The molecule has 1 saturated heterocycles. The van der Waals surface area contributed by atoms with Crippen molar-refractivity contribution in [2.75, 3.05) is 20.8 Å². The Morgan fingerprint density at radius 1 is 1.10 bits per heavy atom. The number of amides is 1. The van der Waals surface area contributed by atoms with Crippen molar-refractivity contribution in [2.24, 2.45) is 0 Å². The molecule has 7 nitrogen and oxygen atoms in total. The van der Waals surface area contributed by atoms with Gasteiger partial charge in [-0.05, 0) is 42.2 Å². The number of benzene rings is 2. The first-order valence-corrected chi connectivity index (χ1v) is 10.1. The van der Waals surface area contributed by atoms with Crippen LogP contribution in [-0.4, -0.2) is 41.7 Å². The summed E-state index contributed by atoms with van der Waals surface area (Å²) in [5, 5.41) is 4.13. The molecule has 0 radical (unpaired) electrons. The molecule has 7 heteroatoms. The van der Waals surface area contributed by atoms with Gasteiger partial charge in [0.1, 0.15) is 0 Å². The lowest BCUT2D eigenvalue weighted by atomic mass is 10.1. The second-order valence-electron chi connectivity index (χ2n) is 7.73. The highest BCUT2D eigenvalue weighted by Crippen LogP contribution is 2.41. The quantitative estimate of drug-likeness (QED) is 0.643. The fourth-order valence-electron chi connectivity index (χ4n) is 4.55. The Bertz CT molecular complexity index is 1090. The lowest BCUT2D eigenvalue weighted by Crippen LogP contribution is -2.28. The van der Waals surface area contributed by atoms with Crippen LogP contribution in [0, 0.1) is 0 Å². The van der Waals surface area contributed by atoms with Crippen molar-refractivity contribution in [2.45, 2.75) is 31.2 Å². The number of carbonyl (C=O) groups excluding carboxylic acids is 1. The lowest BCUT2D eigenvalue weighted by molar-refractivity contribution is -0.129. The highest BCUT2D eigenvalue weighted by molar-refractivity contribution is 5.80. The number of carbonyl (C=O) groups is 1. The standard InChI is InChI=1S/C23H23N3O4/c1-28-19-10-8-15(11-20(19)29-2)22-24-23(30-25-22)16-12-21(27)26(13-16)18-9-7-14-5-3-4-6-17(14)18/h3-6,8,10-11,16,18H,7,9,12-13H2,1-2H3. The van der Waals surface area contributed by atoms with Crippen molar-refractivity contribution in [3.8, 4) is 22.9 Å². The number of aromatic nitrogens is 2. The molecule has 1 amide bonds. The topological polar surface area (TPSA) is 77.7 Å². The number of hydrogen-bond acceptors (Lipinski definition) is 6. The third-order valence-corrected chi connectivity index (χ3v) is 6.07. The van der Waals surface area contributed by atoms with Crippen LogP contribution in [-0.2, 0) is 11.2 Å². The molecule has 3 aromatic rings. The highest BCUT2D eigenvalue weighted by Gasteiger charge is 2.40. The van der Waals surface area contributed by atoms with Crippen molar-refractivity contribution in [1.29, 1.82) is 0 Å². The van der Waals surface area contributed by atoms with Crippen LogP contribution < -0.4 is 9.47 Å². The Morgan fingerprint density at radius 3 is 2.77 bits per heavy atom. The molecule has 0 saturated carbocycles. The van der Waals surface area contributed by atoms with Crippen LogP contribution in [0.3, 0.4) is 0 Å². The number of aryl methyl sites for hydroxylation is 1. The van der Waals surface area contributed by atoms with E-state index >= 15 is 0 Å². The smallest absolute Gasteiger partial charge is 0.232 e. The van der Waals surface area contributed by atoms with E-state index in [9.17, 15) is 4.79 Å². The average Bonchev–Trinajstić information content (AvgIpc) is 3.51. The zero-order chi connectivity index (χ0) is 20.7. The van der Waals surface area contributed by atoms with Crippen molar-refractivity contribution in [3.63, 3.8) is 0 Å². The normalized spacial score (nSPS) is 20.5. The van der Waals surface area contributed by atoms with Gasteiger partial charge in [0.25, 0.3) is 0 Å². The van der Waals surface area contributed by atoms with E-state index in [0.717, 1.165) is 18.4 Å². The highest BCUT2D eigenvalue weighted by atomic mass is 16.5. The molecule has 0 N–H and O–H groups in total. The second kappa shape index (κ2) is 7.48. The van der Waals surface area contributed by atoms with Gasteiger partial charge in [-0.3, -0.25) is 4.79 Å². The molecule has 0 spiro atoms. The van der Waals surface area contributed by atoms with Crippen LogP contribution in [0.1, 0.15) is 41.8 Å². The third-order valence-electron chi connectivity index (χ3n) is 6.07.